The Balaban J connectivity index is 1.38. The smallest absolute Gasteiger partial charge is 0.229 e. The van der Waals surface area contributed by atoms with Gasteiger partial charge in [0.2, 0.25) is 6.29 Å². The monoisotopic (exact) mass is 718 g/mol. The summed E-state index contributed by atoms with van der Waals surface area (Å²) in [6, 6.07) is 12.9. The number of carbonyl (C=O) groups excluding carboxylic acids is 1. The molecule has 7 atom stereocenters. The van der Waals surface area contributed by atoms with Gasteiger partial charge >= 0.3 is 0 Å². The maximum atomic E-state index is 14.3. The van der Waals surface area contributed by atoms with Crippen LogP contribution in [0.5, 0.6) is 46.0 Å². The van der Waals surface area contributed by atoms with E-state index in [1.807, 2.05) is 0 Å². The maximum absolute atomic E-state index is 14.3. The number of aromatic hydroxyl groups is 6. The first-order valence-corrected chi connectivity index (χ1v) is 15.7. The molecule has 0 bridgehead atoms. The highest BCUT2D eigenvalue weighted by Crippen LogP contribution is 2.52. The van der Waals surface area contributed by atoms with Crippen molar-refractivity contribution in [2.45, 2.75) is 42.7 Å². The molecule has 270 valence electrons. The van der Waals surface area contributed by atoms with E-state index in [1.165, 1.54) is 30.3 Å². The molecule has 2 aliphatic rings. The van der Waals surface area contributed by atoms with E-state index in [9.17, 15) is 60.7 Å². The number of aliphatic hydroxyl groups is 4. The van der Waals surface area contributed by atoms with Crippen LogP contribution in [0.2, 0.25) is 0 Å². The summed E-state index contributed by atoms with van der Waals surface area (Å²) in [7, 11) is 0. The molecule has 1 saturated heterocycles. The molecule has 0 amide bonds. The van der Waals surface area contributed by atoms with Crippen molar-refractivity contribution in [2.24, 2.45) is 0 Å². The number of rotatable bonds is 6. The highest BCUT2D eigenvalue weighted by atomic mass is 16.7. The summed E-state index contributed by atoms with van der Waals surface area (Å²) in [6.45, 7) is -0.739. The zero-order valence-electron chi connectivity index (χ0n) is 26.5. The van der Waals surface area contributed by atoms with Gasteiger partial charge in [0.15, 0.2) is 22.7 Å². The molecule has 3 heterocycles. The lowest BCUT2D eigenvalue weighted by molar-refractivity contribution is -0.277. The molecule has 16 heteroatoms. The summed E-state index contributed by atoms with van der Waals surface area (Å²) in [6.07, 6.45) is -9.60. The third-order valence-electron chi connectivity index (χ3n) is 9.02. The maximum Gasteiger partial charge on any atom is 0.229 e. The van der Waals surface area contributed by atoms with Crippen molar-refractivity contribution >= 4 is 16.8 Å². The van der Waals surface area contributed by atoms with Gasteiger partial charge in [-0.15, -0.1) is 0 Å². The van der Waals surface area contributed by atoms with Gasteiger partial charge in [-0.25, -0.2) is 0 Å². The number of benzene rings is 4. The van der Waals surface area contributed by atoms with E-state index >= 15 is 0 Å². The molecular formula is C36H30O16. The van der Waals surface area contributed by atoms with Crippen LogP contribution >= 0.6 is 0 Å². The van der Waals surface area contributed by atoms with Gasteiger partial charge in [0, 0.05) is 29.8 Å². The largest absolute Gasteiger partial charge is 0.508 e. The van der Waals surface area contributed by atoms with E-state index in [0.717, 1.165) is 36.4 Å². The van der Waals surface area contributed by atoms with Crippen molar-refractivity contribution in [3.05, 3.63) is 93.6 Å². The van der Waals surface area contributed by atoms with Crippen LogP contribution in [0.4, 0.5) is 0 Å². The van der Waals surface area contributed by atoms with E-state index in [4.69, 9.17) is 18.6 Å². The number of ketones is 1. The number of carbonyl (C=O) groups is 1. The molecule has 0 spiro atoms. The third kappa shape index (κ3) is 5.73. The van der Waals surface area contributed by atoms with Crippen LogP contribution in [-0.4, -0.2) is 94.2 Å². The van der Waals surface area contributed by atoms with Gasteiger partial charge in [-0.05, 0) is 35.9 Å². The third-order valence-corrected chi connectivity index (χ3v) is 9.02. The molecular weight excluding hydrogens is 688 g/mol. The second kappa shape index (κ2) is 12.9. The van der Waals surface area contributed by atoms with Gasteiger partial charge in [0.25, 0.3) is 0 Å². The average Bonchev–Trinajstić information content (AvgIpc) is 3.09. The lowest BCUT2D eigenvalue weighted by atomic mass is 9.79. The Morgan fingerprint density at radius 1 is 0.712 bits per heavy atom. The van der Waals surface area contributed by atoms with Gasteiger partial charge in [-0.1, -0.05) is 12.1 Å². The fraction of sp³-hybridized carbons (Fsp3) is 0.222. The number of phenolic OH excluding ortho intramolecular Hbond substituents is 6. The molecule has 16 nitrogen and oxygen atoms in total. The Hall–Kier alpha value is -6.04. The van der Waals surface area contributed by atoms with Gasteiger partial charge in [-0.3, -0.25) is 9.59 Å². The fourth-order valence-electron chi connectivity index (χ4n) is 6.45. The minimum absolute atomic E-state index is 0.0462. The van der Waals surface area contributed by atoms with Gasteiger partial charge in [-0.2, -0.15) is 0 Å². The first kappa shape index (κ1) is 34.4. The number of hydrogen-bond donors (Lipinski definition) is 10. The number of Topliss-reactive ketones (excluding diaryl/α,β-unsaturated/α-hetero) is 1. The van der Waals surface area contributed by atoms with E-state index in [2.05, 4.69) is 0 Å². The zero-order valence-corrected chi connectivity index (χ0v) is 26.5. The van der Waals surface area contributed by atoms with Crippen molar-refractivity contribution in [1.29, 1.82) is 0 Å². The Morgan fingerprint density at radius 2 is 1.44 bits per heavy atom. The molecule has 0 radical (unpaired) electrons. The molecule has 4 aromatic carbocycles. The Kier molecular flexibility index (Phi) is 8.56. The molecule has 10 N–H and O–H groups in total. The van der Waals surface area contributed by atoms with E-state index < -0.39 is 100 Å². The van der Waals surface area contributed by atoms with Crippen molar-refractivity contribution in [2.75, 3.05) is 6.61 Å². The van der Waals surface area contributed by atoms with Gasteiger partial charge in [0.1, 0.15) is 87.3 Å². The SMILES string of the molecule is O=C1c2c(O)cc(O)cc2O[C@H](c2ccc(O)cc2)[C@H]1c1c(O)cc(O)c2c(=O)cc(-c3ccc(O)c(O[C@@H]4O[C@H](CO)[C@@H](O)[C@H](O)[C@H]4O)c3)oc12. The first-order valence-electron chi connectivity index (χ1n) is 15.7. The Morgan fingerprint density at radius 3 is 2.15 bits per heavy atom. The number of aliphatic hydroxyl groups excluding tert-OH is 4. The zero-order chi connectivity index (χ0) is 37.2. The van der Waals surface area contributed by atoms with Gasteiger partial charge in [0.05, 0.1) is 18.1 Å². The standard InChI is InChI=1S/C36H30O16/c37-12-25-30(45)32(47)33(48)36(52-25)51-23-7-14(3-6-17(23)40)22-11-21(44)26-19(42)10-20(43)28(35(26)49-22)29-31(46)27-18(41)8-16(39)9-24(27)50-34(29)13-1-4-15(38)5-2-13/h1-11,25,29-30,32-34,36-43,45,47-48H,12H2/t25-,29+,30-,32+,33-,34-,36-/m1/s1. The highest BCUT2D eigenvalue weighted by molar-refractivity contribution is 6.09. The second-order valence-electron chi connectivity index (χ2n) is 12.3. The quantitative estimate of drug-likeness (QED) is 0.120. The van der Waals surface area contributed by atoms with E-state index in [1.54, 1.807) is 0 Å². The number of ether oxygens (including phenoxy) is 3. The summed E-state index contributed by atoms with van der Waals surface area (Å²) in [5.41, 5.74) is -1.65. The normalized spacial score (nSPS) is 24.3. The number of phenols is 6. The van der Waals surface area contributed by atoms with Gasteiger partial charge < -0.3 is 69.7 Å². The van der Waals surface area contributed by atoms with Crippen molar-refractivity contribution in [3.8, 4) is 57.3 Å². The Bertz CT molecular complexity index is 2260. The summed E-state index contributed by atoms with van der Waals surface area (Å²) < 4.78 is 23.2. The molecule has 2 aliphatic heterocycles. The number of hydrogen-bond acceptors (Lipinski definition) is 16. The summed E-state index contributed by atoms with van der Waals surface area (Å²) in [5.74, 6) is -6.25. The lowest BCUT2D eigenvalue weighted by Gasteiger charge is -2.39. The first-order chi connectivity index (χ1) is 24.8. The molecule has 0 saturated carbocycles. The predicted octanol–water partition coefficient (Wildman–Crippen LogP) is 1.97. The van der Waals surface area contributed by atoms with Crippen LogP contribution in [0.15, 0.2) is 75.9 Å². The van der Waals surface area contributed by atoms with Crippen LogP contribution in [-0.2, 0) is 4.74 Å². The molecule has 0 aliphatic carbocycles. The van der Waals surface area contributed by atoms with E-state index in [0.29, 0.717) is 0 Å². The topological polar surface area (TPSA) is 277 Å². The summed E-state index contributed by atoms with van der Waals surface area (Å²) in [4.78, 5) is 27.9. The predicted molar refractivity (Wildman–Crippen MR) is 176 cm³/mol. The average molecular weight is 719 g/mol. The van der Waals surface area contributed by atoms with Crippen LogP contribution in [0.25, 0.3) is 22.3 Å². The summed E-state index contributed by atoms with van der Waals surface area (Å²) >= 11 is 0. The Labute approximate surface area is 291 Å². The van der Waals surface area contributed by atoms with Crippen LogP contribution < -0.4 is 14.9 Å². The lowest BCUT2D eigenvalue weighted by Crippen LogP contribution is -2.60. The van der Waals surface area contributed by atoms with Crippen molar-refractivity contribution in [1.82, 2.24) is 0 Å². The van der Waals surface area contributed by atoms with Crippen LogP contribution in [0, 0.1) is 0 Å². The van der Waals surface area contributed by atoms with Crippen molar-refractivity contribution in [3.63, 3.8) is 0 Å². The molecule has 1 aromatic heterocycles. The van der Waals surface area contributed by atoms with Crippen molar-refractivity contribution < 1.29 is 74.5 Å². The fourth-order valence-corrected chi connectivity index (χ4v) is 6.45. The van der Waals surface area contributed by atoms with Crippen LogP contribution in [0.1, 0.15) is 33.5 Å². The minimum atomic E-state index is -1.82. The summed E-state index contributed by atoms with van der Waals surface area (Å²) in [5, 5.41) is 103. The van der Waals surface area contributed by atoms with Crippen LogP contribution in [0.3, 0.4) is 0 Å². The molecule has 1 fully saturated rings. The molecule has 5 aromatic rings. The second-order valence-corrected chi connectivity index (χ2v) is 12.3. The molecule has 7 rings (SSSR count). The minimum Gasteiger partial charge on any atom is -0.508 e. The highest BCUT2D eigenvalue weighted by Gasteiger charge is 2.46. The number of fused-ring (bicyclic) bond motifs is 2. The van der Waals surface area contributed by atoms with E-state index in [-0.39, 0.29) is 45.3 Å². The molecule has 0 unspecified atom stereocenters. The molecule has 52 heavy (non-hydrogen) atoms.